The van der Waals surface area contributed by atoms with Crippen molar-refractivity contribution in [1.82, 2.24) is 10.2 Å². The number of rotatable bonds is 5. The number of benzene rings is 2. The van der Waals surface area contributed by atoms with Crippen LogP contribution in [-0.2, 0) is 16.0 Å². The van der Waals surface area contributed by atoms with Gasteiger partial charge >= 0.3 is 11.8 Å². The molecule has 2 heterocycles. The van der Waals surface area contributed by atoms with Gasteiger partial charge in [-0.3, -0.25) is 14.5 Å². The number of carbonyl (C=O) groups excluding carboxylic acids is 2. The maximum atomic E-state index is 12.7. The van der Waals surface area contributed by atoms with Crippen molar-refractivity contribution in [1.29, 1.82) is 5.26 Å². The number of nitrogens with zero attached hydrogens (tertiary/aromatic N) is 3. The summed E-state index contributed by atoms with van der Waals surface area (Å²) in [4.78, 5) is 29.9. The molecule has 0 saturated carbocycles. The van der Waals surface area contributed by atoms with Crippen LogP contribution in [-0.4, -0.2) is 49.9 Å². The van der Waals surface area contributed by atoms with Crippen LogP contribution in [0.5, 0.6) is 0 Å². The molecule has 0 spiro atoms. The number of aryl methyl sites for hydroxylation is 1. The van der Waals surface area contributed by atoms with Crippen molar-refractivity contribution < 1.29 is 9.59 Å². The standard InChI is InChI=1S/C26H30ClN5O2/c1-31-11-5-6-18-14-19(8-10-23(18)31)24(32-12-3-2-4-13-32)17-29-25(33)26(34)30-22-15-21(27)9-7-20(22)16-28/h7-10,14-15,24H,2-6,11-13,17H2,1H3,(H,29,33)(H,30,34)/t24-/m1/s1. The fourth-order valence-corrected chi connectivity index (χ4v) is 5.04. The summed E-state index contributed by atoms with van der Waals surface area (Å²) in [6, 6.07) is 13.1. The Bertz CT molecular complexity index is 1110. The SMILES string of the molecule is CN1CCCc2cc([C@@H](CNC(=O)C(=O)Nc3cc(Cl)ccc3C#N)N3CCCCC3)ccc21. The van der Waals surface area contributed by atoms with Crippen LogP contribution in [0.3, 0.4) is 0 Å². The van der Waals surface area contributed by atoms with Crippen molar-refractivity contribution >= 4 is 34.8 Å². The summed E-state index contributed by atoms with van der Waals surface area (Å²) in [6.45, 7) is 3.34. The molecule has 1 fully saturated rings. The topological polar surface area (TPSA) is 88.5 Å². The summed E-state index contributed by atoms with van der Waals surface area (Å²) >= 11 is 5.98. The van der Waals surface area contributed by atoms with E-state index in [4.69, 9.17) is 11.6 Å². The number of nitriles is 1. The third kappa shape index (κ3) is 5.52. The summed E-state index contributed by atoms with van der Waals surface area (Å²) < 4.78 is 0. The quantitative estimate of drug-likeness (QED) is 0.635. The molecule has 2 aromatic rings. The van der Waals surface area contributed by atoms with Gasteiger partial charge in [-0.15, -0.1) is 0 Å². The molecule has 34 heavy (non-hydrogen) atoms. The lowest BCUT2D eigenvalue weighted by Crippen LogP contribution is -2.43. The average molecular weight is 480 g/mol. The van der Waals surface area contributed by atoms with E-state index in [0.29, 0.717) is 11.6 Å². The Balaban J connectivity index is 1.48. The molecule has 2 N–H and O–H groups in total. The van der Waals surface area contributed by atoms with Gasteiger partial charge in [0.25, 0.3) is 0 Å². The second-order valence-electron chi connectivity index (χ2n) is 8.99. The molecule has 0 unspecified atom stereocenters. The van der Waals surface area contributed by atoms with Crippen molar-refractivity contribution in [3.05, 3.63) is 58.1 Å². The van der Waals surface area contributed by atoms with E-state index in [-0.39, 0.29) is 17.3 Å². The van der Waals surface area contributed by atoms with Crippen LogP contribution < -0.4 is 15.5 Å². The first-order valence-electron chi connectivity index (χ1n) is 11.8. The van der Waals surface area contributed by atoms with Crippen molar-refractivity contribution in [3.63, 3.8) is 0 Å². The van der Waals surface area contributed by atoms with Gasteiger partial charge in [0.1, 0.15) is 6.07 Å². The van der Waals surface area contributed by atoms with Crippen molar-refractivity contribution in [2.24, 2.45) is 0 Å². The monoisotopic (exact) mass is 479 g/mol. The number of carbonyl (C=O) groups is 2. The summed E-state index contributed by atoms with van der Waals surface area (Å²) in [5.74, 6) is -1.55. The molecule has 4 rings (SSSR count). The van der Waals surface area contributed by atoms with Crippen molar-refractivity contribution in [3.8, 4) is 6.07 Å². The molecule has 178 valence electrons. The zero-order valence-corrected chi connectivity index (χ0v) is 20.2. The predicted molar refractivity (Wildman–Crippen MR) is 134 cm³/mol. The Morgan fingerprint density at radius 1 is 1.06 bits per heavy atom. The van der Waals surface area contributed by atoms with Crippen molar-refractivity contribution in [2.75, 3.05) is 43.4 Å². The van der Waals surface area contributed by atoms with Gasteiger partial charge in [0.2, 0.25) is 0 Å². The fourth-order valence-electron chi connectivity index (χ4n) is 4.87. The highest BCUT2D eigenvalue weighted by atomic mass is 35.5. The number of fused-ring (bicyclic) bond motifs is 1. The van der Waals surface area contributed by atoms with Crippen LogP contribution >= 0.6 is 11.6 Å². The highest BCUT2D eigenvalue weighted by Gasteiger charge is 2.26. The zero-order chi connectivity index (χ0) is 24.1. The molecular weight excluding hydrogens is 450 g/mol. The minimum atomic E-state index is -0.816. The smallest absolute Gasteiger partial charge is 0.313 e. The van der Waals surface area contributed by atoms with E-state index in [1.807, 2.05) is 6.07 Å². The number of halogens is 1. The molecule has 1 atom stereocenters. The van der Waals surface area contributed by atoms with Gasteiger partial charge in [0, 0.05) is 30.8 Å². The molecule has 2 aliphatic heterocycles. The number of amides is 2. The summed E-state index contributed by atoms with van der Waals surface area (Å²) in [5.41, 5.74) is 4.24. The van der Waals surface area contributed by atoms with Crippen LogP contribution in [0.1, 0.15) is 48.4 Å². The van der Waals surface area contributed by atoms with Crippen LogP contribution in [0.2, 0.25) is 5.02 Å². The molecule has 0 bridgehead atoms. The highest BCUT2D eigenvalue weighted by Crippen LogP contribution is 2.31. The Morgan fingerprint density at radius 2 is 1.85 bits per heavy atom. The lowest BCUT2D eigenvalue weighted by Gasteiger charge is -2.36. The lowest BCUT2D eigenvalue weighted by molar-refractivity contribution is -0.136. The van der Waals surface area contributed by atoms with E-state index in [2.05, 4.69) is 45.7 Å². The van der Waals surface area contributed by atoms with E-state index < -0.39 is 11.8 Å². The highest BCUT2D eigenvalue weighted by molar-refractivity contribution is 6.40. The second-order valence-corrected chi connectivity index (χ2v) is 9.43. The minimum Gasteiger partial charge on any atom is -0.374 e. The summed E-state index contributed by atoms with van der Waals surface area (Å²) in [5, 5.41) is 15.0. The van der Waals surface area contributed by atoms with Crippen LogP contribution in [0, 0.1) is 11.3 Å². The first-order chi connectivity index (χ1) is 16.5. The Hall–Kier alpha value is -3.08. The molecule has 2 aliphatic rings. The normalized spacial score (nSPS) is 16.8. The average Bonchev–Trinajstić information content (AvgIpc) is 2.85. The Labute approximate surface area is 205 Å². The number of nitrogens with one attached hydrogen (secondary N) is 2. The Kier molecular flexibility index (Phi) is 7.71. The molecular formula is C26H30ClN5O2. The molecule has 0 aromatic heterocycles. The third-order valence-corrected chi connectivity index (χ3v) is 6.92. The third-order valence-electron chi connectivity index (χ3n) is 6.68. The molecule has 1 saturated heterocycles. The number of likely N-dealkylation sites (tertiary alicyclic amines) is 1. The predicted octanol–water partition coefficient (Wildman–Crippen LogP) is 3.88. The first-order valence-corrected chi connectivity index (χ1v) is 12.2. The number of hydrogen-bond acceptors (Lipinski definition) is 5. The number of anilines is 2. The molecule has 2 aromatic carbocycles. The fraction of sp³-hybridized carbons (Fsp3) is 0.423. The van der Waals surface area contributed by atoms with Gasteiger partial charge in [-0.25, -0.2) is 0 Å². The van der Waals surface area contributed by atoms with Crippen LogP contribution in [0.15, 0.2) is 36.4 Å². The second kappa shape index (κ2) is 10.9. The van der Waals surface area contributed by atoms with Crippen LogP contribution in [0.25, 0.3) is 0 Å². The van der Waals surface area contributed by atoms with Gasteiger partial charge in [-0.05, 0) is 74.2 Å². The van der Waals surface area contributed by atoms with E-state index in [9.17, 15) is 14.9 Å². The van der Waals surface area contributed by atoms with Gasteiger partial charge in [0.15, 0.2) is 0 Å². The molecule has 8 heteroatoms. The summed E-state index contributed by atoms with van der Waals surface area (Å²) in [6.07, 6.45) is 5.66. The lowest BCUT2D eigenvalue weighted by atomic mass is 9.95. The van der Waals surface area contributed by atoms with E-state index in [0.717, 1.165) is 45.3 Å². The first kappa shape index (κ1) is 24.1. The van der Waals surface area contributed by atoms with Gasteiger partial charge in [0.05, 0.1) is 17.3 Å². The maximum Gasteiger partial charge on any atom is 0.313 e. The molecule has 0 radical (unpaired) electrons. The van der Waals surface area contributed by atoms with Gasteiger partial charge < -0.3 is 15.5 Å². The zero-order valence-electron chi connectivity index (χ0n) is 19.4. The van der Waals surface area contributed by atoms with E-state index in [1.54, 1.807) is 6.07 Å². The maximum absolute atomic E-state index is 12.7. The molecule has 7 nitrogen and oxygen atoms in total. The number of hydrogen-bond donors (Lipinski definition) is 2. The van der Waals surface area contributed by atoms with E-state index in [1.165, 1.54) is 35.4 Å². The van der Waals surface area contributed by atoms with Crippen LogP contribution in [0.4, 0.5) is 11.4 Å². The van der Waals surface area contributed by atoms with Gasteiger partial charge in [-0.1, -0.05) is 30.2 Å². The van der Waals surface area contributed by atoms with Crippen molar-refractivity contribution in [2.45, 2.75) is 38.1 Å². The molecule has 2 amide bonds. The van der Waals surface area contributed by atoms with Gasteiger partial charge in [-0.2, -0.15) is 5.26 Å². The largest absolute Gasteiger partial charge is 0.374 e. The number of piperidine rings is 1. The summed E-state index contributed by atoms with van der Waals surface area (Å²) in [7, 11) is 2.12. The Morgan fingerprint density at radius 3 is 2.62 bits per heavy atom. The van der Waals surface area contributed by atoms with E-state index >= 15 is 0 Å². The minimum absolute atomic E-state index is 0.00424. The molecule has 0 aliphatic carbocycles.